The van der Waals surface area contributed by atoms with Crippen LogP contribution in [0.5, 0.6) is 5.75 Å². The third-order valence-corrected chi connectivity index (χ3v) is 4.74. The van der Waals surface area contributed by atoms with E-state index in [1.54, 1.807) is 12.1 Å². The first-order valence-electron chi connectivity index (χ1n) is 8.76. The van der Waals surface area contributed by atoms with Crippen LogP contribution < -0.4 is 15.4 Å². The number of hydrogen-bond acceptors (Lipinski definition) is 5. The summed E-state index contributed by atoms with van der Waals surface area (Å²) in [6, 6.07) is 13.1. The second-order valence-corrected chi connectivity index (χ2v) is 7.01. The molecular formula is C20H18BrF3N4O. The maximum atomic E-state index is 12.5. The number of alkyl halides is 3. The number of anilines is 3. The molecule has 3 rings (SSSR count). The number of nitrogens with zero attached hydrogens (tertiary/aromatic N) is 2. The van der Waals surface area contributed by atoms with Crippen molar-refractivity contribution in [3.63, 3.8) is 0 Å². The van der Waals surface area contributed by atoms with Crippen molar-refractivity contribution in [3.05, 3.63) is 58.6 Å². The van der Waals surface area contributed by atoms with E-state index in [1.807, 2.05) is 32.0 Å². The van der Waals surface area contributed by atoms with Crippen LogP contribution in [-0.4, -0.2) is 22.9 Å². The Labute approximate surface area is 174 Å². The molecule has 0 atom stereocenters. The Morgan fingerprint density at radius 3 is 2.55 bits per heavy atom. The van der Waals surface area contributed by atoms with E-state index < -0.39 is 6.36 Å². The molecule has 0 bridgehead atoms. The predicted octanol–water partition coefficient (Wildman–Crippen LogP) is 6.29. The zero-order chi connectivity index (χ0) is 21.0. The van der Waals surface area contributed by atoms with Gasteiger partial charge in [-0.15, -0.1) is 13.2 Å². The minimum atomic E-state index is -4.76. The van der Waals surface area contributed by atoms with E-state index in [9.17, 15) is 13.2 Å². The second kappa shape index (κ2) is 8.69. The molecule has 2 N–H and O–H groups in total. The molecule has 0 spiro atoms. The molecule has 2 aromatic carbocycles. The van der Waals surface area contributed by atoms with Crippen LogP contribution in [-0.2, 0) is 0 Å². The van der Waals surface area contributed by atoms with E-state index in [-0.39, 0.29) is 5.75 Å². The van der Waals surface area contributed by atoms with Gasteiger partial charge in [-0.05, 0) is 49.7 Å². The Morgan fingerprint density at radius 2 is 1.86 bits per heavy atom. The molecule has 0 aliphatic carbocycles. The lowest BCUT2D eigenvalue weighted by Crippen LogP contribution is -2.17. The van der Waals surface area contributed by atoms with E-state index in [4.69, 9.17) is 0 Å². The summed E-state index contributed by atoms with van der Waals surface area (Å²) < 4.78 is 42.6. The fraction of sp³-hybridized carbons (Fsp3) is 0.200. The van der Waals surface area contributed by atoms with Gasteiger partial charge in [-0.2, -0.15) is 4.98 Å². The molecule has 0 radical (unpaired) electrons. The zero-order valence-corrected chi connectivity index (χ0v) is 17.2. The van der Waals surface area contributed by atoms with Crippen LogP contribution in [0.15, 0.2) is 53.0 Å². The summed E-state index contributed by atoms with van der Waals surface area (Å²) in [7, 11) is 0. The molecule has 0 aliphatic heterocycles. The lowest BCUT2D eigenvalue weighted by molar-refractivity contribution is -0.274. The van der Waals surface area contributed by atoms with Crippen molar-refractivity contribution in [1.29, 1.82) is 0 Å². The lowest BCUT2D eigenvalue weighted by Gasteiger charge is -2.13. The minimum absolute atomic E-state index is 0.309. The highest BCUT2D eigenvalue weighted by molar-refractivity contribution is 9.10. The number of benzene rings is 2. The smallest absolute Gasteiger partial charge is 0.406 e. The Kier molecular flexibility index (Phi) is 6.26. The molecule has 1 aromatic heterocycles. The second-order valence-electron chi connectivity index (χ2n) is 6.16. The molecule has 0 fully saturated rings. The Hall–Kier alpha value is -2.81. The average molecular weight is 467 g/mol. The molecule has 9 heteroatoms. The van der Waals surface area contributed by atoms with Crippen molar-refractivity contribution in [1.82, 2.24) is 9.97 Å². The first-order valence-corrected chi connectivity index (χ1v) is 9.55. The molecule has 3 aromatic rings. The van der Waals surface area contributed by atoms with E-state index >= 15 is 0 Å². The Morgan fingerprint density at radius 1 is 1.07 bits per heavy atom. The van der Waals surface area contributed by atoms with E-state index in [2.05, 4.69) is 41.3 Å². The van der Waals surface area contributed by atoms with E-state index in [1.165, 1.54) is 18.2 Å². The van der Waals surface area contributed by atoms with Crippen molar-refractivity contribution < 1.29 is 17.9 Å². The first-order chi connectivity index (χ1) is 13.7. The summed E-state index contributed by atoms with van der Waals surface area (Å²) in [5.74, 6) is 0.565. The lowest BCUT2D eigenvalue weighted by atomic mass is 10.1. The number of aromatic nitrogens is 2. The van der Waals surface area contributed by atoms with Gasteiger partial charge in [0.25, 0.3) is 0 Å². The minimum Gasteiger partial charge on any atom is -0.406 e. The molecule has 0 unspecified atom stereocenters. The van der Waals surface area contributed by atoms with Crippen molar-refractivity contribution in [3.8, 4) is 17.0 Å². The largest absolute Gasteiger partial charge is 0.573 e. The number of aryl methyl sites for hydroxylation is 1. The van der Waals surface area contributed by atoms with Crippen LogP contribution in [0.3, 0.4) is 0 Å². The molecular weight excluding hydrogens is 449 g/mol. The molecule has 0 amide bonds. The first kappa shape index (κ1) is 20.9. The molecule has 5 nitrogen and oxygen atoms in total. The summed E-state index contributed by atoms with van der Waals surface area (Å²) in [5.41, 5.74) is 2.81. The van der Waals surface area contributed by atoms with Crippen molar-refractivity contribution in [2.24, 2.45) is 0 Å². The van der Waals surface area contributed by atoms with Crippen molar-refractivity contribution in [2.75, 3.05) is 17.2 Å². The van der Waals surface area contributed by atoms with Crippen molar-refractivity contribution in [2.45, 2.75) is 20.2 Å². The molecule has 0 aliphatic rings. The maximum absolute atomic E-state index is 12.5. The summed E-state index contributed by atoms with van der Waals surface area (Å²) in [6.07, 6.45) is -4.76. The number of nitrogens with one attached hydrogen (secondary N) is 2. The summed E-state index contributed by atoms with van der Waals surface area (Å²) in [5, 5.41) is 6.25. The summed E-state index contributed by atoms with van der Waals surface area (Å²) >= 11 is 3.46. The van der Waals surface area contributed by atoms with Crippen LogP contribution in [0.1, 0.15) is 12.5 Å². The SMILES string of the molecule is CCNc1nc(Nc2ccc(Br)c(C)c2)cc(-c2cccc(OC(F)(F)F)c2)n1. The standard InChI is InChI=1S/C20H18BrF3N4O/c1-3-25-19-27-17(13-5-4-6-15(10-13)29-20(22,23)24)11-18(28-19)26-14-7-8-16(21)12(2)9-14/h4-11H,3H2,1-2H3,(H2,25,26,27,28). The molecule has 29 heavy (non-hydrogen) atoms. The predicted molar refractivity (Wildman–Crippen MR) is 110 cm³/mol. The van der Waals surface area contributed by atoms with Crippen LogP contribution in [0.4, 0.5) is 30.6 Å². The van der Waals surface area contributed by atoms with Gasteiger partial charge >= 0.3 is 6.36 Å². The van der Waals surface area contributed by atoms with Gasteiger partial charge in [0.2, 0.25) is 5.95 Å². The third-order valence-electron chi connectivity index (χ3n) is 3.85. The Balaban J connectivity index is 1.96. The summed E-state index contributed by atoms with van der Waals surface area (Å²) in [6.45, 7) is 4.47. The number of ether oxygens (including phenoxy) is 1. The van der Waals surface area contributed by atoms with Gasteiger partial charge in [0.05, 0.1) is 5.69 Å². The van der Waals surface area contributed by atoms with Crippen molar-refractivity contribution >= 4 is 33.4 Å². The van der Waals surface area contributed by atoms with Gasteiger partial charge in [-0.25, -0.2) is 4.98 Å². The van der Waals surface area contributed by atoms with E-state index in [0.29, 0.717) is 29.6 Å². The van der Waals surface area contributed by atoms with Crippen LogP contribution in [0.25, 0.3) is 11.3 Å². The molecule has 152 valence electrons. The Bertz CT molecular complexity index is 1010. The number of rotatable bonds is 6. The van der Waals surface area contributed by atoms with Crippen LogP contribution in [0, 0.1) is 6.92 Å². The quantitative estimate of drug-likeness (QED) is 0.447. The monoisotopic (exact) mass is 466 g/mol. The topological polar surface area (TPSA) is 59.1 Å². The number of hydrogen-bond donors (Lipinski definition) is 2. The fourth-order valence-electron chi connectivity index (χ4n) is 2.62. The highest BCUT2D eigenvalue weighted by atomic mass is 79.9. The maximum Gasteiger partial charge on any atom is 0.573 e. The molecule has 1 heterocycles. The zero-order valence-electron chi connectivity index (χ0n) is 15.6. The van der Waals surface area contributed by atoms with Gasteiger partial charge in [0, 0.05) is 28.3 Å². The highest BCUT2D eigenvalue weighted by Crippen LogP contribution is 2.30. The number of halogens is 4. The average Bonchev–Trinajstić information content (AvgIpc) is 2.64. The third kappa shape index (κ3) is 5.83. The summed E-state index contributed by atoms with van der Waals surface area (Å²) in [4.78, 5) is 8.82. The normalized spacial score (nSPS) is 11.2. The van der Waals surface area contributed by atoms with Gasteiger partial charge in [0.1, 0.15) is 11.6 Å². The van der Waals surface area contributed by atoms with E-state index in [0.717, 1.165) is 15.7 Å². The van der Waals surface area contributed by atoms with Crippen LogP contribution in [0.2, 0.25) is 0 Å². The fourth-order valence-corrected chi connectivity index (χ4v) is 2.87. The van der Waals surface area contributed by atoms with Gasteiger partial charge < -0.3 is 15.4 Å². The van der Waals surface area contributed by atoms with Crippen LogP contribution >= 0.6 is 15.9 Å². The van der Waals surface area contributed by atoms with Gasteiger partial charge in [-0.1, -0.05) is 28.1 Å². The highest BCUT2D eigenvalue weighted by Gasteiger charge is 2.31. The van der Waals surface area contributed by atoms with Gasteiger partial charge in [-0.3, -0.25) is 0 Å². The van der Waals surface area contributed by atoms with Gasteiger partial charge in [0.15, 0.2) is 0 Å². The molecule has 0 saturated heterocycles. The molecule has 0 saturated carbocycles.